The maximum Gasteiger partial charge on any atom is 0.305 e. The van der Waals surface area contributed by atoms with Crippen molar-refractivity contribution in [2.75, 3.05) is 26.8 Å². The molecule has 1 fully saturated rings. The Balaban J connectivity index is 0. The van der Waals surface area contributed by atoms with Crippen molar-refractivity contribution in [1.82, 2.24) is 5.32 Å². The van der Waals surface area contributed by atoms with Crippen LogP contribution in [0.15, 0.2) is 30.4 Å². The zero-order chi connectivity index (χ0) is 29.5. The van der Waals surface area contributed by atoms with Gasteiger partial charge in [-0.25, -0.2) is 8.78 Å². The van der Waals surface area contributed by atoms with Crippen molar-refractivity contribution in [3.05, 3.63) is 47.3 Å². The number of aryl methyl sites for hydroxylation is 2. The van der Waals surface area contributed by atoms with Crippen LogP contribution in [0, 0.1) is 31.5 Å². The van der Waals surface area contributed by atoms with Crippen LogP contribution in [-0.4, -0.2) is 56.3 Å². The summed E-state index contributed by atoms with van der Waals surface area (Å²) in [5, 5.41) is 11.3. The minimum atomic E-state index is -0.897. The van der Waals surface area contributed by atoms with Gasteiger partial charge in [0.25, 0.3) is 0 Å². The molecule has 0 saturated carbocycles. The fourth-order valence-corrected chi connectivity index (χ4v) is 3.78. The molecule has 3 rings (SSSR count). The van der Waals surface area contributed by atoms with Crippen LogP contribution < -0.4 is 5.32 Å². The number of hydrogen-bond acceptors (Lipinski definition) is 5. The summed E-state index contributed by atoms with van der Waals surface area (Å²) in [5.74, 6) is 0.0212. The highest BCUT2D eigenvalue weighted by Crippen LogP contribution is 2.33. The van der Waals surface area contributed by atoms with Gasteiger partial charge in [-0.3, -0.25) is 4.79 Å². The van der Waals surface area contributed by atoms with Crippen LogP contribution in [0.1, 0.15) is 84.8 Å². The van der Waals surface area contributed by atoms with Crippen molar-refractivity contribution in [2.24, 2.45) is 11.8 Å². The molecule has 0 aromatic heterocycles. The number of allylic oxidation sites excluding steroid dienone is 2. The third-order valence-electron chi connectivity index (χ3n) is 5.86. The van der Waals surface area contributed by atoms with E-state index in [4.69, 9.17) is 14.6 Å². The first-order valence-corrected chi connectivity index (χ1v) is 14.1. The molecule has 1 heterocycles. The van der Waals surface area contributed by atoms with E-state index in [9.17, 15) is 13.6 Å². The van der Waals surface area contributed by atoms with Crippen molar-refractivity contribution in [3.63, 3.8) is 0 Å². The fourth-order valence-electron chi connectivity index (χ4n) is 3.78. The SMILES string of the molecule is C1CCNC1.CC.CC(C)O.CCOC(=O)CCC1C=CC(F)CC1C(C)OC.Cc1ccc(C)c(F)c1. The summed E-state index contributed by atoms with van der Waals surface area (Å²) in [6, 6.07) is 5.22. The first-order chi connectivity index (χ1) is 18.0. The van der Waals surface area contributed by atoms with Gasteiger partial charge in [0.2, 0.25) is 0 Å². The Labute approximate surface area is 231 Å². The van der Waals surface area contributed by atoms with Gasteiger partial charge in [0.15, 0.2) is 0 Å². The maximum absolute atomic E-state index is 13.4. The molecule has 1 saturated heterocycles. The topological polar surface area (TPSA) is 67.8 Å². The second kappa shape index (κ2) is 24.2. The molecule has 38 heavy (non-hydrogen) atoms. The van der Waals surface area contributed by atoms with Crippen LogP contribution in [0.25, 0.3) is 0 Å². The monoisotopic (exact) mass is 543 g/mol. The van der Waals surface area contributed by atoms with Gasteiger partial charge < -0.3 is 19.9 Å². The Morgan fingerprint density at radius 3 is 2.13 bits per heavy atom. The number of aliphatic hydroxyl groups excluding tert-OH is 1. The first-order valence-electron chi connectivity index (χ1n) is 14.1. The minimum Gasteiger partial charge on any atom is -0.466 e. The molecule has 222 valence electrons. The molecule has 0 amide bonds. The Morgan fingerprint density at radius 1 is 1.13 bits per heavy atom. The Morgan fingerprint density at radius 2 is 1.71 bits per heavy atom. The molecule has 1 aliphatic carbocycles. The molecule has 4 unspecified atom stereocenters. The largest absolute Gasteiger partial charge is 0.466 e. The third-order valence-corrected chi connectivity index (χ3v) is 5.86. The number of nitrogens with one attached hydrogen (secondary N) is 1. The number of halogens is 2. The third kappa shape index (κ3) is 20.2. The second-order valence-corrected chi connectivity index (χ2v) is 9.55. The van der Waals surface area contributed by atoms with Gasteiger partial charge in [0.1, 0.15) is 12.0 Å². The smallest absolute Gasteiger partial charge is 0.305 e. The minimum absolute atomic E-state index is 0.000366. The molecule has 2 aliphatic rings. The zero-order valence-electron chi connectivity index (χ0n) is 25.4. The van der Waals surface area contributed by atoms with E-state index < -0.39 is 6.17 Å². The number of aliphatic hydroxyl groups is 1. The van der Waals surface area contributed by atoms with E-state index >= 15 is 0 Å². The van der Waals surface area contributed by atoms with E-state index in [1.807, 2.05) is 39.8 Å². The molecule has 7 heteroatoms. The van der Waals surface area contributed by atoms with Crippen LogP contribution in [0.2, 0.25) is 0 Å². The predicted molar refractivity (Wildman–Crippen MR) is 155 cm³/mol. The number of carbonyl (C=O) groups excluding carboxylic acids is 1. The standard InChI is InChI=1S/C14H23FO3.C8H9F.C4H9N.C3H8O.C2H6/c1-4-18-14(16)8-6-11-5-7-12(15)9-13(11)10(2)17-3;1-6-3-4-7(2)8(9)5-6;1-2-4-5-3-1;1-3(2)4;1-2/h5,7,10-13H,4,6,8-9H2,1-3H3;3-5H,1-2H3;5H,1-4H2;3-4H,1-2H3;1-2H3. The molecule has 1 aromatic rings. The Kier molecular flexibility index (Phi) is 24.4. The van der Waals surface area contributed by atoms with Gasteiger partial charge in [-0.15, -0.1) is 0 Å². The van der Waals surface area contributed by atoms with Crippen LogP contribution in [0.4, 0.5) is 8.78 Å². The Bertz CT molecular complexity index is 728. The van der Waals surface area contributed by atoms with Gasteiger partial charge in [0, 0.05) is 19.6 Å². The molecular formula is C31H55F2NO4. The lowest BCUT2D eigenvalue weighted by atomic mass is 9.77. The molecule has 2 N–H and O–H groups in total. The van der Waals surface area contributed by atoms with Crippen LogP contribution in [-0.2, 0) is 14.3 Å². The van der Waals surface area contributed by atoms with Gasteiger partial charge in [0.05, 0.1) is 12.7 Å². The van der Waals surface area contributed by atoms with Crippen molar-refractivity contribution in [1.29, 1.82) is 0 Å². The number of methoxy groups -OCH3 is 1. The molecule has 4 atom stereocenters. The van der Waals surface area contributed by atoms with E-state index in [0.717, 1.165) is 5.56 Å². The van der Waals surface area contributed by atoms with E-state index in [1.165, 1.54) is 32.0 Å². The number of rotatable bonds is 6. The average molecular weight is 544 g/mol. The summed E-state index contributed by atoms with van der Waals surface area (Å²) in [6.45, 7) is 17.7. The summed E-state index contributed by atoms with van der Waals surface area (Å²) >= 11 is 0. The van der Waals surface area contributed by atoms with Crippen LogP contribution in [0.5, 0.6) is 0 Å². The van der Waals surface area contributed by atoms with Crippen molar-refractivity contribution in [3.8, 4) is 0 Å². The van der Waals surface area contributed by atoms with Crippen molar-refractivity contribution < 1.29 is 28.2 Å². The summed E-state index contributed by atoms with van der Waals surface area (Å²) in [6.07, 6.45) is 6.74. The summed E-state index contributed by atoms with van der Waals surface area (Å²) < 4.78 is 36.2. The lowest BCUT2D eigenvalue weighted by Crippen LogP contribution is -2.31. The molecule has 5 nitrogen and oxygen atoms in total. The molecular weight excluding hydrogens is 488 g/mol. The molecule has 0 radical (unpaired) electrons. The highest BCUT2D eigenvalue weighted by molar-refractivity contribution is 5.69. The maximum atomic E-state index is 13.4. The number of alkyl halides is 1. The van der Waals surface area contributed by atoms with Crippen molar-refractivity contribution in [2.45, 2.75) is 106 Å². The zero-order valence-corrected chi connectivity index (χ0v) is 25.4. The molecule has 0 bridgehead atoms. The van der Waals surface area contributed by atoms with Crippen LogP contribution >= 0.6 is 0 Å². The first kappa shape index (κ1) is 38.3. The average Bonchev–Trinajstić information content (AvgIpc) is 3.47. The molecule has 1 aromatic carbocycles. The molecule has 1 aliphatic heterocycles. The number of hydrogen-bond donors (Lipinski definition) is 2. The highest BCUT2D eigenvalue weighted by Gasteiger charge is 2.31. The normalized spacial score (nSPS) is 20.3. The second-order valence-electron chi connectivity index (χ2n) is 9.55. The summed E-state index contributed by atoms with van der Waals surface area (Å²) in [7, 11) is 1.64. The van der Waals surface area contributed by atoms with E-state index in [0.29, 0.717) is 31.4 Å². The Hall–Kier alpha value is -1.83. The highest BCUT2D eigenvalue weighted by atomic mass is 19.1. The van der Waals surface area contributed by atoms with E-state index in [-0.39, 0.29) is 35.8 Å². The van der Waals surface area contributed by atoms with E-state index in [1.54, 1.807) is 46.9 Å². The number of benzene rings is 1. The van der Waals surface area contributed by atoms with Gasteiger partial charge in [-0.1, -0.05) is 38.1 Å². The van der Waals surface area contributed by atoms with E-state index in [2.05, 4.69) is 5.32 Å². The van der Waals surface area contributed by atoms with Gasteiger partial charge >= 0.3 is 5.97 Å². The van der Waals surface area contributed by atoms with Crippen LogP contribution in [0.3, 0.4) is 0 Å². The lowest BCUT2D eigenvalue weighted by molar-refractivity contribution is -0.143. The number of esters is 1. The number of ether oxygens (including phenoxy) is 2. The quantitative estimate of drug-likeness (QED) is 0.295. The van der Waals surface area contributed by atoms with Gasteiger partial charge in [-0.2, -0.15) is 0 Å². The summed E-state index contributed by atoms with van der Waals surface area (Å²) in [5.41, 5.74) is 1.68. The van der Waals surface area contributed by atoms with Crippen molar-refractivity contribution >= 4 is 5.97 Å². The predicted octanol–water partition coefficient (Wildman–Crippen LogP) is 7.12. The number of carbonyl (C=O) groups is 1. The lowest BCUT2D eigenvalue weighted by Gasteiger charge is -2.32. The molecule has 0 spiro atoms. The van der Waals surface area contributed by atoms with Gasteiger partial charge in [-0.05, 0) is 109 Å². The fraction of sp³-hybridized carbons (Fsp3) is 0.710. The summed E-state index contributed by atoms with van der Waals surface area (Å²) in [4.78, 5) is 11.3.